The molecular formula is C12H13BrN4. The predicted octanol–water partition coefficient (Wildman–Crippen LogP) is 3.13. The van der Waals surface area contributed by atoms with Gasteiger partial charge in [-0.2, -0.15) is 4.98 Å². The average Bonchev–Trinajstić information content (AvgIpc) is 2.28. The van der Waals surface area contributed by atoms with Crippen molar-refractivity contribution in [1.82, 2.24) is 9.97 Å². The van der Waals surface area contributed by atoms with Crippen LogP contribution in [-0.4, -0.2) is 9.97 Å². The summed E-state index contributed by atoms with van der Waals surface area (Å²) < 4.78 is 0.666. The van der Waals surface area contributed by atoms with Crippen molar-refractivity contribution >= 4 is 33.4 Å². The van der Waals surface area contributed by atoms with E-state index in [0.717, 1.165) is 12.1 Å². The van der Waals surface area contributed by atoms with Gasteiger partial charge < -0.3 is 11.1 Å². The Morgan fingerprint density at radius 1 is 1.29 bits per heavy atom. The highest BCUT2D eigenvalue weighted by molar-refractivity contribution is 9.10. The molecule has 0 aliphatic carbocycles. The zero-order chi connectivity index (χ0) is 12.3. The van der Waals surface area contributed by atoms with Crippen LogP contribution >= 0.6 is 15.9 Å². The summed E-state index contributed by atoms with van der Waals surface area (Å²) in [5, 5.41) is 3.13. The SMILES string of the molecule is CCc1cccc(Nc2nc(N)cc(Br)n2)c1. The molecule has 0 radical (unpaired) electrons. The molecule has 88 valence electrons. The fourth-order valence-corrected chi connectivity index (χ4v) is 1.89. The molecule has 0 unspecified atom stereocenters. The standard InChI is InChI=1S/C12H13BrN4/c1-2-8-4-3-5-9(6-8)15-12-16-10(13)7-11(14)17-12/h3-7H,2H2,1H3,(H3,14,15,16,17). The molecule has 0 atom stereocenters. The van der Waals surface area contributed by atoms with Crippen molar-refractivity contribution in [2.24, 2.45) is 0 Å². The molecule has 3 N–H and O–H groups in total. The van der Waals surface area contributed by atoms with Gasteiger partial charge in [-0.15, -0.1) is 0 Å². The molecule has 0 saturated carbocycles. The maximum Gasteiger partial charge on any atom is 0.230 e. The highest BCUT2D eigenvalue weighted by Crippen LogP contribution is 2.18. The van der Waals surface area contributed by atoms with Crippen LogP contribution in [0, 0.1) is 0 Å². The maximum absolute atomic E-state index is 5.65. The Kier molecular flexibility index (Phi) is 3.58. The quantitative estimate of drug-likeness (QED) is 0.853. The monoisotopic (exact) mass is 292 g/mol. The topological polar surface area (TPSA) is 63.8 Å². The number of rotatable bonds is 3. The number of hydrogen-bond donors (Lipinski definition) is 2. The first-order chi connectivity index (χ1) is 8.17. The van der Waals surface area contributed by atoms with Gasteiger partial charge in [0.05, 0.1) is 0 Å². The largest absolute Gasteiger partial charge is 0.383 e. The minimum atomic E-state index is 0.432. The van der Waals surface area contributed by atoms with E-state index in [1.165, 1.54) is 5.56 Å². The van der Waals surface area contributed by atoms with Crippen LogP contribution in [0.4, 0.5) is 17.5 Å². The summed E-state index contributed by atoms with van der Waals surface area (Å²) in [6, 6.07) is 9.79. The van der Waals surface area contributed by atoms with Crippen molar-refractivity contribution in [2.45, 2.75) is 13.3 Å². The van der Waals surface area contributed by atoms with Crippen LogP contribution < -0.4 is 11.1 Å². The van der Waals surface area contributed by atoms with Crippen LogP contribution in [0.1, 0.15) is 12.5 Å². The number of anilines is 3. The van der Waals surface area contributed by atoms with Gasteiger partial charge in [-0.05, 0) is 40.0 Å². The molecule has 0 bridgehead atoms. The molecule has 2 aromatic rings. The van der Waals surface area contributed by atoms with E-state index in [2.05, 4.69) is 50.3 Å². The van der Waals surface area contributed by atoms with Crippen LogP contribution in [0.25, 0.3) is 0 Å². The van der Waals surface area contributed by atoms with Crippen LogP contribution in [-0.2, 0) is 6.42 Å². The molecule has 0 fully saturated rings. The van der Waals surface area contributed by atoms with Crippen LogP contribution in [0.2, 0.25) is 0 Å². The lowest BCUT2D eigenvalue weighted by Crippen LogP contribution is -2.00. The van der Waals surface area contributed by atoms with Gasteiger partial charge in [0.2, 0.25) is 5.95 Å². The van der Waals surface area contributed by atoms with E-state index in [9.17, 15) is 0 Å². The molecule has 0 saturated heterocycles. The summed E-state index contributed by atoms with van der Waals surface area (Å²) in [6.07, 6.45) is 0.997. The third kappa shape index (κ3) is 3.17. The van der Waals surface area contributed by atoms with Gasteiger partial charge in [-0.1, -0.05) is 19.1 Å². The Hall–Kier alpha value is -1.62. The number of nitrogens with one attached hydrogen (secondary N) is 1. The summed E-state index contributed by atoms with van der Waals surface area (Å²) in [5.41, 5.74) is 7.87. The minimum absolute atomic E-state index is 0.432. The third-order valence-electron chi connectivity index (χ3n) is 2.31. The Morgan fingerprint density at radius 2 is 2.12 bits per heavy atom. The van der Waals surface area contributed by atoms with E-state index >= 15 is 0 Å². The summed E-state index contributed by atoms with van der Waals surface area (Å²) in [4.78, 5) is 8.31. The lowest BCUT2D eigenvalue weighted by Gasteiger charge is -2.07. The molecule has 1 heterocycles. The van der Waals surface area contributed by atoms with Gasteiger partial charge in [0.1, 0.15) is 10.4 Å². The number of halogens is 1. The first-order valence-electron chi connectivity index (χ1n) is 5.33. The molecule has 1 aromatic heterocycles. The molecule has 0 aliphatic heterocycles. The van der Waals surface area contributed by atoms with E-state index in [-0.39, 0.29) is 0 Å². The number of benzene rings is 1. The lowest BCUT2D eigenvalue weighted by atomic mass is 10.1. The van der Waals surface area contributed by atoms with Crippen molar-refractivity contribution in [3.8, 4) is 0 Å². The lowest BCUT2D eigenvalue weighted by molar-refractivity contribution is 1.13. The van der Waals surface area contributed by atoms with Gasteiger partial charge in [0.25, 0.3) is 0 Å². The first kappa shape index (κ1) is 11.9. The van der Waals surface area contributed by atoms with Crippen LogP contribution in [0.5, 0.6) is 0 Å². The molecule has 1 aromatic carbocycles. The predicted molar refractivity (Wildman–Crippen MR) is 73.2 cm³/mol. The highest BCUT2D eigenvalue weighted by atomic mass is 79.9. The summed E-state index contributed by atoms with van der Waals surface area (Å²) in [5.74, 6) is 0.922. The number of aromatic nitrogens is 2. The molecule has 0 spiro atoms. The molecule has 5 heteroatoms. The summed E-state index contributed by atoms with van der Waals surface area (Å²) in [6.45, 7) is 2.12. The molecule has 17 heavy (non-hydrogen) atoms. The molecule has 2 rings (SSSR count). The second-order valence-electron chi connectivity index (χ2n) is 3.62. The highest BCUT2D eigenvalue weighted by Gasteiger charge is 2.01. The van der Waals surface area contributed by atoms with Crippen LogP contribution in [0.3, 0.4) is 0 Å². The summed E-state index contributed by atoms with van der Waals surface area (Å²) in [7, 11) is 0. The Morgan fingerprint density at radius 3 is 2.82 bits per heavy atom. The number of nitrogen functional groups attached to an aromatic ring is 1. The Bertz CT molecular complexity index is 507. The number of aryl methyl sites for hydroxylation is 1. The van der Waals surface area contributed by atoms with Crippen molar-refractivity contribution in [3.63, 3.8) is 0 Å². The molecule has 4 nitrogen and oxygen atoms in total. The van der Waals surface area contributed by atoms with E-state index in [4.69, 9.17) is 5.73 Å². The fraction of sp³-hybridized carbons (Fsp3) is 0.167. The molecular weight excluding hydrogens is 280 g/mol. The van der Waals surface area contributed by atoms with Crippen molar-refractivity contribution < 1.29 is 0 Å². The van der Waals surface area contributed by atoms with Gasteiger partial charge in [-0.3, -0.25) is 0 Å². The molecule has 0 amide bonds. The van der Waals surface area contributed by atoms with Gasteiger partial charge >= 0.3 is 0 Å². The van der Waals surface area contributed by atoms with Gasteiger partial charge in [0.15, 0.2) is 0 Å². The van der Waals surface area contributed by atoms with Crippen molar-refractivity contribution in [3.05, 3.63) is 40.5 Å². The second-order valence-corrected chi connectivity index (χ2v) is 4.43. The number of nitrogens with two attached hydrogens (primary N) is 1. The smallest absolute Gasteiger partial charge is 0.230 e. The summed E-state index contributed by atoms with van der Waals surface area (Å²) >= 11 is 3.28. The average molecular weight is 293 g/mol. The van der Waals surface area contributed by atoms with E-state index in [1.54, 1.807) is 6.07 Å². The third-order valence-corrected chi connectivity index (χ3v) is 2.71. The van der Waals surface area contributed by atoms with Crippen LogP contribution in [0.15, 0.2) is 34.9 Å². The van der Waals surface area contributed by atoms with E-state index in [1.807, 2.05) is 12.1 Å². The molecule has 0 aliphatic rings. The normalized spacial score (nSPS) is 10.2. The van der Waals surface area contributed by atoms with Crippen molar-refractivity contribution in [1.29, 1.82) is 0 Å². The zero-order valence-electron chi connectivity index (χ0n) is 9.44. The first-order valence-corrected chi connectivity index (χ1v) is 6.12. The maximum atomic E-state index is 5.65. The van der Waals surface area contributed by atoms with E-state index in [0.29, 0.717) is 16.4 Å². The fourth-order valence-electron chi connectivity index (χ4n) is 1.49. The Labute approximate surface area is 108 Å². The second kappa shape index (κ2) is 5.14. The van der Waals surface area contributed by atoms with Gasteiger partial charge in [-0.25, -0.2) is 4.98 Å². The minimum Gasteiger partial charge on any atom is -0.383 e. The number of nitrogens with zero attached hydrogens (tertiary/aromatic N) is 2. The van der Waals surface area contributed by atoms with E-state index < -0.39 is 0 Å². The van der Waals surface area contributed by atoms with Crippen molar-refractivity contribution in [2.75, 3.05) is 11.1 Å². The number of hydrogen-bond acceptors (Lipinski definition) is 4. The Balaban J connectivity index is 2.24. The van der Waals surface area contributed by atoms with Gasteiger partial charge in [0, 0.05) is 11.8 Å². The zero-order valence-corrected chi connectivity index (χ0v) is 11.0.